The van der Waals surface area contributed by atoms with E-state index in [0.29, 0.717) is 23.3 Å². The summed E-state index contributed by atoms with van der Waals surface area (Å²) in [6.07, 6.45) is 4.99. The van der Waals surface area contributed by atoms with Gasteiger partial charge in [0.2, 0.25) is 10.0 Å². The summed E-state index contributed by atoms with van der Waals surface area (Å²) in [6.45, 7) is 8.96. The van der Waals surface area contributed by atoms with Crippen molar-refractivity contribution >= 4 is 27.3 Å². The fourth-order valence-electron chi connectivity index (χ4n) is 3.15. The third-order valence-corrected chi connectivity index (χ3v) is 7.49. The van der Waals surface area contributed by atoms with Crippen molar-refractivity contribution < 1.29 is 8.42 Å². The predicted octanol–water partition coefficient (Wildman–Crippen LogP) is 1.85. The van der Waals surface area contributed by atoms with Crippen molar-refractivity contribution in [2.75, 3.05) is 39.3 Å². The van der Waals surface area contributed by atoms with E-state index in [1.807, 2.05) is 6.92 Å². The van der Waals surface area contributed by atoms with Crippen molar-refractivity contribution in [3.8, 4) is 0 Å². The minimum absolute atomic E-state index is 0.315. The van der Waals surface area contributed by atoms with Crippen LogP contribution in [0.25, 0.3) is 0 Å². The van der Waals surface area contributed by atoms with Gasteiger partial charge in [-0.25, -0.2) is 13.1 Å². The molecule has 2 heterocycles. The van der Waals surface area contributed by atoms with E-state index in [1.54, 1.807) is 17.5 Å². The van der Waals surface area contributed by atoms with Crippen LogP contribution in [0.4, 0.5) is 0 Å². The first kappa shape index (κ1) is 22.1. The Morgan fingerprint density at radius 2 is 2.19 bits per heavy atom. The van der Waals surface area contributed by atoms with Gasteiger partial charge in [-0.1, -0.05) is 12.5 Å². The summed E-state index contributed by atoms with van der Waals surface area (Å²) in [7, 11) is -3.40. The van der Waals surface area contributed by atoms with Crippen molar-refractivity contribution in [3.05, 3.63) is 17.5 Å². The van der Waals surface area contributed by atoms with E-state index in [-0.39, 0.29) is 0 Å². The Bertz CT molecular complexity index is 661. The van der Waals surface area contributed by atoms with Crippen LogP contribution in [0.15, 0.2) is 26.7 Å². The Hall–Kier alpha value is -1.16. The quantitative estimate of drug-likeness (QED) is 0.308. The third kappa shape index (κ3) is 7.77. The number of likely N-dealkylation sites (tertiary alicyclic amines) is 1. The number of rotatable bonds is 10. The molecule has 1 saturated heterocycles. The minimum Gasteiger partial charge on any atom is -0.357 e. The highest BCUT2D eigenvalue weighted by molar-refractivity contribution is 7.91. The Morgan fingerprint density at radius 3 is 2.89 bits per heavy atom. The van der Waals surface area contributed by atoms with Crippen LogP contribution in [0.1, 0.15) is 39.5 Å². The maximum atomic E-state index is 12.1. The van der Waals surface area contributed by atoms with Crippen LogP contribution in [0.2, 0.25) is 0 Å². The molecular formula is C18H33N5O2S2. The Balaban J connectivity index is 1.68. The van der Waals surface area contributed by atoms with Crippen molar-refractivity contribution in [1.82, 2.24) is 20.3 Å². The maximum Gasteiger partial charge on any atom is 0.250 e. The molecule has 0 aromatic carbocycles. The topological polar surface area (TPSA) is 85.8 Å². The van der Waals surface area contributed by atoms with Crippen LogP contribution in [0, 0.1) is 0 Å². The molecule has 1 aromatic heterocycles. The Kier molecular flexibility index (Phi) is 9.53. The van der Waals surface area contributed by atoms with Gasteiger partial charge in [0.1, 0.15) is 4.21 Å². The molecule has 1 atom stereocenters. The highest BCUT2D eigenvalue weighted by Crippen LogP contribution is 2.16. The lowest BCUT2D eigenvalue weighted by Gasteiger charge is -2.33. The number of nitrogens with one attached hydrogen (secondary N) is 3. The molecule has 0 amide bonds. The van der Waals surface area contributed by atoms with E-state index in [4.69, 9.17) is 0 Å². The lowest BCUT2D eigenvalue weighted by Crippen LogP contribution is -2.41. The molecule has 0 radical (unpaired) electrons. The summed E-state index contributed by atoms with van der Waals surface area (Å²) in [6, 6.07) is 4.03. The maximum absolute atomic E-state index is 12.1. The number of hydrogen-bond donors (Lipinski definition) is 3. The largest absolute Gasteiger partial charge is 0.357 e. The number of guanidine groups is 1. The van der Waals surface area contributed by atoms with E-state index in [1.165, 1.54) is 37.1 Å². The Morgan fingerprint density at radius 1 is 1.33 bits per heavy atom. The van der Waals surface area contributed by atoms with E-state index < -0.39 is 10.0 Å². The number of thiophene rings is 1. The van der Waals surface area contributed by atoms with Gasteiger partial charge in [-0.2, -0.15) is 0 Å². The fourth-order valence-corrected chi connectivity index (χ4v) is 5.22. The molecule has 3 N–H and O–H groups in total. The summed E-state index contributed by atoms with van der Waals surface area (Å²) >= 11 is 1.22. The highest BCUT2D eigenvalue weighted by atomic mass is 32.2. The SMILES string of the molecule is CCNC(=NCCCN1CCCCC1C)NCCNS(=O)(=O)c1cccs1. The van der Waals surface area contributed by atoms with Gasteiger partial charge in [0.15, 0.2) is 5.96 Å². The molecule has 0 spiro atoms. The van der Waals surface area contributed by atoms with E-state index in [9.17, 15) is 8.42 Å². The second kappa shape index (κ2) is 11.6. The van der Waals surface area contributed by atoms with Crippen LogP contribution in [-0.2, 0) is 10.0 Å². The molecule has 9 heteroatoms. The predicted molar refractivity (Wildman–Crippen MR) is 113 cm³/mol. The molecule has 0 aliphatic carbocycles. The molecule has 0 saturated carbocycles. The first-order valence-electron chi connectivity index (χ1n) is 9.82. The first-order chi connectivity index (χ1) is 13.0. The van der Waals surface area contributed by atoms with Crippen molar-refractivity contribution in [2.45, 2.75) is 49.8 Å². The molecule has 0 bridgehead atoms. The highest BCUT2D eigenvalue weighted by Gasteiger charge is 2.17. The number of sulfonamides is 1. The molecule has 1 unspecified atom stereocenters. The molecule has 1 fully saturated rings. The lowest BCUT2D eigenvalue weighted by atomic mass is 10.0. The van der Waals surface area contributed by atoms with E-state index in [0.717, 1.165) is 32.0 Å². The van der Waals surface area contributed by atoms with Gasteiger partial charge in [-0.3, -0.25) is 4.99 Å². The monoisotopic (exact) mass is 415 g/mol. The molecule has 7 nitrogen and oxygen atoms in total. The summed E-state index contributed by atoms with van der Waals surface area (Å²) in [5.74, 6) is 0.736. The van der Waals surface area contributed by atoms with Gasteiger partial charge in [0.05, 0.1) is 0 Å². The molecule has 1 aliphatic heterocycles. The molecule has 2 rings (SSSR count). The normalized spacial score (nSPS) is 19.2. The molecule has 27 heavy (non-hydrogen) atoms. The number of hydrogen-bond acceptors (Lipinski definition) is 5. The summed E-state index contributed by atoms with van der Waals surface area (Å²) in [5, 5.41) is 8.15. The zero-order valence-corrected chi connectivity index (χ0v) is 18.0. The van der Waals surface area contributed by atoms with Gasteiger partial charge in [0.25, 0.3) is 0 Å². The molecule has 1 aromatic rings. The number of aliphatic imine (C=N–C) groups is 1. The van der Waals surface area contributed by atoms with Crippen LogP contribution >= 0.6 is 11.3 Å². The first-order valence-corrected chi connectivity index (χ1v) is 12.2. The van der Waals surface area contributed by atoms with Gasteiger partial charge < -0.3 is 15.5 Å². The smallest absolute Gasteiger partial charge is 0.250 e. The summed E-state index contributed by atoms with van der Waals surface area (Å²) in [4.78, 5) is 7.15. The average Bonchev–Trinajstić information content (AvgIpc) is 3.19. The zero-order chi connectivity index (χ0) is 19.5. The zero-order valence-electron chi connectivity index (χ0n) is 16.4. The standard InChI is InChI=1S/C18H33N5O2S2/c1-3-19-18(20-10-7-14-23-13-5-4-8-16(23)2)21-11-12-22-27(24,25)17-9-6-15-26-17/h6,9,15-16,22H,3-5,7-8,10-14H2,1-2H3,(H2,19,20,21). The van der Waals surface area contributed by atoms with Gasteiger partial charge >= 0.3 is 0 Å². The van der Waals surface area contributed by atoms with Crippen LogP contribution < -0.4 is 15.4 Å². The van der Waals surface area contributed by atoms with Gasteiger partial charge in [-0.05, 0) is 51.1 Å². The van der Waals surface area contributed by atoms with Crippen LogP contribution in [0.5, 0.6) is 0 Å². The molecule has 1 aliphatic rings. The number of piperidine rings is 1. The van der Waals surface area contributed by atoms with Crippen LogP contribution in [-0.4, -0.2) is 64.6 Å². The Labute approximate surface area is 167 Å². The van der Waals surface area contributed by atoms with E-state index >= 15 is 0 Å². The minimum atomic E-state index is -3.40. The summed E-state index contributed by atoms with van der Waals surface area (Å²) in [5.41, 5.74) is 0. The van der Waals surface area contributed by atoms with Gasteiger partial charge in [-0.15, -0.1) is 11.3 Å². The fraction of sp³-hybridized carbons (Fsp3) is 0.722. The van der Waals surface area contributed by atoms with E-state index in [2.05, 4.69) is 32.2 Å². The molecular weight excluding hydrogens is 382 g/mol. The lowest BCUT2D eigenvalue weighted by molar-refractivity contribution is 0.160. The van der Waals surface area contributed by atoms with Gasteiger partial charge in [0, 0.05) is 38.8 Å². The third-order valence-electron chi connectivity index (χ3n) is 4.63. The van der Waals surface area contributed by atoms with Crippen molar-refractivity contribution in [2.24, 2.45) is 4.99 Å². The average molecular weight is 416 g/mol. The van der Waals surface area contributed by atoms with Crippen LogP contribution in [0.3, 0.4) is 0 Å². The van der Waals surface area contributed by atoms with Crippen molar-refractivity contribution in [1.29, 1.82) is 0 Å². The second-order valence-corrected chi connectivity index (χ2v) is 9.69. The summed E-state index contributed by atoms with van der Waals surface area (Å²) < 4.78 is 27.1. The molecule has 154 valence electrons. The van der Waals surface area contributed by atoms with Crippen molar-refractivity contribution in [3.63, 3.8) is 0 Å². The number of nitrogens with zero attached hydrogens (tertiary/aromatic N) is 2. The second-order valence-electron chi connectivity index (χ2n) is 6.75.